The highest BCUT2D eigenvalue weighted by molar-refractivity contribution is 8.13. The Hall–Kier alpha value is -2.21. The summed E-state index contributed by atoms with van der Waals surface area (Å²) < 4.78 is 2.01. The average molecular weight is 331 g/mol. The van der Waals surface area contributed by atoms with Crippen LogP contribution in [0.4, 0.5) is 10.5 Å². The monoisotopic (exact) mass is 331 g/mol. The van der Waals surface area contributed by atoms with E-state index in [0.717, 1.165) is 22.3 Å². The summed E-state index contributed by atoms with van der Waals surface area (Å²) in [6.45, 7) is 2.01. The summed E-state index contributed by atoms with van der Waals surface area (Å²) >= 11 is 1.16. The molecule has 0 fully saturated rings. The number of aromatic nitrogens is 1. The van der Waals surface area contributed by atoms with Gasteiger partial charge in [0.25, 0.3) is 5.24 Å². The number of benzene rings is 1. The molecule has 0 saturated carbocycles. The SMILES string of the molecule is CC(CC(=O)Nc1ccc(SC(=O)N(C)C)cc1)n1cccc1. The number of thioether (sulfide) groups is 1. The van der Waals surface area contributed by atoms with Crippen molar-refractivity contribution in [1.82, 2.24) is 9.47 Å². The van der Waals surface area contributed by atoms with Gasteiger partial charge in [0, 0.05) is 49.5 Å². The topological polar surface area (TPSA) is 54.3 Å². The molecule has 5 nitrogen and oxygen atoms in total. The Kier molecular flexibility index (Phi) is 5.87. The molecule has 0 saturated heterocycles. The maximum Gasteiger partial charge on any atom is 0.285 e. The number of amides is 2. The summed E-state index contributed by atoms with van der Waals surface area (Å²) in [5, 5.41) is 2.86. The molecule has 0 aliphatic carbocycles. The van der Waals surface area contributed by atoms with Gasteiger partial charge in [-0.2, -0.15) is 0 Å². The van der Waals surface area contributed by atoms with Crippen LogP contribution in [0.5, 0.6) is 0 Å². The minimum Gasteiger partial charge on any atom is -0.351 e. The predicted molar refractivity (Wildman–Crippen MR) is 93.8 cm³/mol. The van der Waals surface area contributed by atoms with Gasteiger partial charge in [-0.05, 0) is 55.1 Å². The minimum absolute atomic E-state index is 0.0256. The van der Waals surface area contributed by atoms with E-state index in [1.165, 1.54) is 4.90 Å². The predicted octanol–water partition coefficient (Wildman–Crippen LogP) is 3.85. The van der Waals surface area contributed by atoms with Crippen LogP contribution in [0, 0.1) is 0 Å². The van der Waals surface area contributed by atoms with Crippen molar-refractivity contribution in [2.75, 3.05) is 19.4 Å². The van der Waals surface area contributed by atoms with E-state index in [0.29, 0.717) is 6.42 Å². The number of nitrogens with zero attached hydrogens (tertiary/aromatic N) is 2. The summed E-state index contributed by atoms with van der Waals surface area (Å²) in [4.78, 5) is 26.1. The Morgan fingerprint density at radius 3 is 2.35 bits per heavy atom. The zero-order valence-corrected chi connectivity index (χ0v) is 14.3. The number of carbonyl (C=O) groups excluding carboxylic acids is 2. The Morgan fingerprint density at radius 1 is 1.17 bits per heavy atom. The highest BCUT2D eigenvalue weighted by Crippen LogP contribution is 2.22. The maximum atomic E-state index is 12.1. The van der Waals surface area contributed by atoms with Crippen molar-refractivity contribution >= 4 is 28.6 Å². The second kappa shape index (κ2) is 7.87. The molecule has 1 aromatic heterocycles. The molecule has 0 aliphatic heterocycles. The van der Waals surface area contributed by atoms with Gasteiger partial charge in [-0.3, -0.25) is 9.59 Å². The lowest BCUT2D eigenvalue weighted by Crippen LogP contribution is -2.17. The van der Waals surface area contributed by atoms with Crippen molar-refractivity contribution in [2.45, 2.75) is 24.3 Å². The number of hydrogen-bond acceptors (Lipinski definition) is 3. The molecular formula is C17H21N3O2S. The zero-order valence-electron chi connectivity index (χ0n) is 13.5. The van der Waals surface area contributed by atoms with Crippen molar-refractivity contribution in [3.63, 3.8) is 0 Å². The van der Waals surface area contributed by atoms with E-state index < -0.39 is 0 Å². The molecule has 0 bridgehead atoms. The minimum atomic E-state index is -0.0315. The van der Waals surface area contributed by atoms with Crippen LogP contribution in [0.1, 0.15) is 19.4 Å². The molecule has 1 heterocycles. The molecule has 23 heavy (non-hydrogen) atoms. The summed E-state index contributed by atoms with van der Waals surface area (Å²) in [6, 6.07) is 11.3. The highest BCUT2D eigenvalue weighted by Gasteiger charge is 2.11. The van der Waals surface area contributed by atoms with Crippen LogP contribution in [-0.4, -0.2) is 34.7 Å². The van der Waals surface area contributed by atoms with Crippen LogP contribution in [0.3, 0.4) is 0 Å². The molecule has 122 valence electrons. The third kappa shape index (κ3) is 5.17. The van der Waals surface area contributed by atoms with E-state index in [9.17, 15) is 9.59 Å². The van der Waals surface area contributed by atoms with Crippen LogP contribution in [0.2, 0.25) is 0 Å². The Morgan fingerprint density at radius 2 is 1.78 bits per heavy atom. The molecule has 1 unspecified atom stereocenters. The summed E-state index contributed by atoms with van der Waals surface area (Å²) in [6.07, 6.45) is 4.31. The van der Waals surface area contributed by atoms with E-state index in [-0.39, 0.29) is 17.2 Å². The number of anilines is 1. The molecule has 2 aromatic rings. The maximum absolute atomic E-state index is 12.1. The Bertz CT molecular complexity index is 651. The molecule has 0 spiro atoms. The van der Waals surface area contributed by atoms with Gasteiger partial charge < -0.3 is 14.8 Å². The van der Waals surface area contributed by atoms with Gasteiger partial charge in [-0.1, -0.05) is 0 Å². The van der Waals surface area contributed by atoms with Crippen molar-refractivity contribution in [3.8, 4) is 0 Å². The standard InChI is InChI=1S/C17H21N3O2S/c1-13(20-10-4-5-11-20)12-16(21)18-14-6-8-15(9-7-14)23-17(22)19(2)3/h4-11,13H,12H2,1-3H3,(H,18,21). The van der Waals surface area contributed by atoms with Crippen LogP contribution < -0.4 is 5.32 Å². The summed E-state index contributed by atoms with van der Waals surface area (Å²) in [7, 11) is 3.44. The fourth-order valence-electron chi connectivity index (χ4n) is 2.03. The quantitative estimate of drug-likeness (QED) is 0.847. The van der Waals surface area contributed by atoms with E-state index in [2.05, 4.69) is 5.32 Å². The first-order valence-corrected chi connectivity index (χ1v) is 8.19. The largest absolute Gasteiger partial charge is 0.351 e. The van der Waals surface area contributed by atoms with Crippen molar-refractivity contribution in [3.05, 3.63) is 48.8 Å². The second-order valence-electron chi connectivity index (χ2n) is 5.52. The van der Waals surface area contributed by atoms with Crippen molar-refractivity contribution in [1.29, 1.82) is 0 Å². The summed E-state index contributed by atoms with van der Waals surface area (Å²) in [5.41, 5.74) is 0.733. The number of rotatable bonds is 5. The van der Waals surface area contributed by atoms with Crippen LogP contribution in [0.15, 0.2) is 53.7 Å². The van der Waals surface area contributed by atoms with Crippen molar-refractivity contribution < 1.29 is 9.59 Å². The lowest BCUT2D eigenvalue weighted by molar-refractivity contribution is -0.116. The molecule has 6 heteroatoms. The normalized spacial score (nSPS) is 11.8. The lowest BCUT2D eigenvalue weighted by atomic mass is 10.2. The highest BCUT2D eigenvalue weighted by atomic mass is 32.2. The number of carbonyl (C=O) groups is 2. The van der Waals surface area contributed by atoms with Crippen molar-refractivity contribution in [2.24, 2.45) is 0 Å². The Labute approximate surface area is 140 Å². The van der Waals surface area contributed by atoms with E-state index >= 15 is 0 Å². The van der Waals surface area contributed by atoms with Gasteiger partial charge in [0.05, 0.1) is 0 Å². The van der Waals surface area contributed by atoms with E-state index in [4.69, 9.17) is 0 Å². The van der Waals surface area contributed by atoms with Gasteiger partial charge in [-0.25, -0.2) is 0 Å². The van der Waals surface area contributed by atoms with Crippen LogP contribution in [0.25, 0.3) is 0 Å². The van der Waals surface area contributed by atoms with Gasteiger partial charge >= 0.3 is 0 Å². The van der Waals surface area contributed by atoms with Crippen LogP contribution in [-0.2, 0) is 4.79 Å². The molecule has 0 radical (unpaired) electrons. The molecule has 2 amide bonds. The van der Waals surface area contributed by atoms with Crippen LogP contribution >= 0.6 is 11.8 Å². The van der Waals surface area contributed by atoms with Gasteiger partial charge in [0.15, 0.2) is 0 Å². The van der Waals surface area contributed by atoms with Gasteiger partial charge in [-0.15, -0.1) is 0 Å². The lowest BCUT2D eigenvalue weighted by Gasteiger charge is -2.14. The third-order valence-corrected chi connectivity index (χ3v) is 4.37. The smallest absolute Gasteiger partial charge is 0.285 e. The molecular weight excluding hydrogens is 310 g/mol. The van der Waals surface area contributed by atoms with Gasteiger partial charge in [0.1, 0.15) is 0 Å². The number of hydrogen-bond donors (Lipinski definition) is 1. The first-order chi connectivity index (χ1) is 11.0. The first kappa shape index (κ1) is 17.1. The van der Waals surface area contributed by atoms with Gasteiger partial charge in [0.2, 0.25) is 5.91 Å². The third-order valence-electron chi connectivity index (χ3n) is 3.33. The second-order valence-corrected chi connectivity index (χ2v) is 6.54. The fraction of sp³-hybridized carbons (Fsp3) is 0.294. The molecule has 1 N–H and O–H groups in total. The number of nitrogens with one attached hydrogen (secondary N) is 1. The molecule has 2 rings (SSSR count). The molecule has 0 aliphatic rings. The summed E-state index contributed by atoms with van der Waals surface area (Å²) in [5.74, 6) is -0.0315. The Balaban J connectivity index is 1.88. The van der Waals surface area contributed by atoms with E-state index in [1.807, 2.05) is 60.3 Å². The zero-order chi connectivity index (χ0) is 16.8. The average Bonchev–Trinajstić information content (AvgIpc) is 3.03. The fourth-order valence-corrected chi connectivity index (χ4v) is 2.68. The first-order valence-electron chi connectivity index (χ1n) is 7.37. The van der Waals surface area contributed by atoms with E-state index in [1.54, 1.807) is 14.1 Å². The molecule has 1 aromatic carbocycles. The molecule has 1 atom stereocenters.